The zero-order valence-corrected chi connectivity index (χ0v) is 11.0. The van der Waals surface area contributed by atoms with Crippen LogP contribution < -0.4 is 10.3 Å². The number of hydroxylamine groups is 1. The van der Waals surface area contributed by atoms with Gasteiger partial charge in [-0.05, 0) is 24.1 Å². The lowest BCUT2D eigenvalue weighted by atomic mass is 10.2. The van der Waals surface area contributed by atoms with Crippen molar-refractivity contribution < 1.29 is 14.2 Å². The molecule has 2 rings (SSSR count). The first-order valence-electron chi connectivity index (χ1n) is 6.24. The standard InChI is InChI=1S/C14H16N2O3/c1-3-10-5-7-11(8-6-10)18-16-14(17)12-9-15-19-13(12)4-2/h5-9H,3-4H2,1-2H3,(H,16,17). The molecule has 0 spiro atoms. The molecule has 1 amide bonds. The third-order valence-electron chi connectivity index (χ3n) is 2.80. The van der Waals surface area contributed by atoms with Crippen LogP contribution in [0.5, 0.6) is 5.75 Å². The smallest absolute Gasteiger partial charge is 0.289 e. The molecular weight excluding hydrogens is 244 g/mol. The Labute approximate surface area is 111 Å². The van der Waals surface area contributed by atoms with E-state index < -0.39 is 0 Å². The van der Waals surface area contributed by atoms with E-state index in [9.17, 15) is 4.79 Å². The monoisotopic (exact) mass is 260 g/mol. The molecule has 0 saturated carbocycles. The lowest BCUT2D eigenvalue weighted by Crippen LogP contribution is -2.27. The molecule has 0 fully saturated rings. The summed E-state index contributed by atoms with van der Waals surface area (Å²) in [5, 5.41) is 3.60. The van der Waals surface area contributed by atoms with E-state index in [0.29, 0.717) is 23.5 Å². The predicted molar refractivity (Wildman–Crippen MR) is 69.8 cm³/mol. The molecule has 0 aliphatic heterocycles. The first-order valence-corrected chi connectivity index (χ1v) is 6.24. The van der Waals surface area contributed by atoms with E-state index in [0.717, 1.165) is 6.42 Å². The number of carbonyl (C=O) groups excluding carboxylic acids is 1. The van der Waals surface area contributed by atoms with Crippen molar-refractivity contribution in [3.8, 4) is 5.75 Å². The van der Waals surface area contributed by atoms with Crippen LogP contribution in [0.15, 0.2) is 35.0 Å². The van der Waals surface area contributed by atoms with Gasteiger partial charge in [0, 0.05) is 6.42 Å². The average Bonchev–Trinajstić information content (AvgIpc) is 2.93. The topological polar surface area (TPSA) is 64.4 Å². The molecule has 1 aromatic heterocycles. The van der Waals surface area contributed by atoms with Crippen molar-refractivity contribution in [1.29, 1.82) is 0 Å². The van der Waals surface area contributed by atoms with Crippen LogP contribution in [0.2, 0.25) is 0 Å². The molecule has 0 atom stereocenters. The number of aromatic nitrogens is 1. The molecule has 5 heteroatoms. The van der Waals surface area contributed by atoms with Gasteiger partial charge < -0.3 is 9.36 Å². The zero-order valence-electron chi connectivity index (χ0n) is 11.0. The van der Waals surface area contributed by atoms with Gasteiger partial charge in [-0.1, -0.05) is 31.1 Å². The minimum atomic E-state index is -0.363. The van der Waals surface area contributed by atoms with Gasteiger partial charge in [0.05, 0.1) is 6.20 Å². The van der Waals surface area contributed by atoms with Gasteiger partial charge in [0.25, 0.3) is 5.91 Å². The lowest BCUT2D eigenvalue weighted by Gasteiger charge is -2.06. The van der Waals surface area contributed by atoms with Crippen molar-refractivity contribution in [2.24, 2.45) is 0 Å². The van der Waals surface area contributed by atoms with Gasteiger partial charge in [0.2, 0.25) is 0 Å². The van der Waals surface area contributed by atoms with Crippen LogP contribution in [0.25, 0.3) is 0 Å². The Morgan fingerprint density at radius 3 is 2.63 bits per heavy atom. The summed E-state index contributed by atoms with van der Waals surface area (Å²) in [6.07, 6.45) is 2.96. The van der Waals surface area contributed by atoms with Crippen LogP contribution in [0.4, 0.5) is 0 Å². The number of nitrogens with one attached hydrogen (secondary N) is 1. The van der Waals surface area contributed by atoms with E-state index in [4.69, 9.17) is 9.36 Å². The lowest BCUT2D eigenvalue weighted by molar-refractivity contribution is 0.0758. The summed E-state index contributed by atoms with van der Waals surface area (Å²) in [6.45, 7) is 3.97. The maximum Gasteiger partial charge on any atom is 0.289 e. The Kier molecular flexibility index (Phi) is 4.18. The average molecular weight is 260 g/mol. The fourth-order valence-electron chi connectivity index (χ4n) is 1.66. The summed E-state index contributed by atoms with van der Waals surface area (Å²) < 4.78 is 4.95. The Hall–Kier alpha value is -2.30. The van der Waals surface area contributed by atoms with Crippen LogP contribution in [-0.2, 0) is 12.8 Å². The van der Waals surface area contributed by atoms with Crippen molar-refractivity contribution >= 4 is 5.91 Å². The Balaban J connectivity index is 1.96. The molecule has 0 bridgehead atoms. The number of carbonyl (C=O) groups is 1. The van der Waals surface area contributed by atoms with E-state index in [1.165, 1.54) is 11.8 Å². The van der Waals surface area contributed by atoms with E-state index in [-0.39, 0.29) is 5.91 Å². The highest BCUT2D eigenvalue weighted by atomic mass is 16.7. The highest BCUT2D eigenvalue weighted by Crippen LogP contribution is 2.12. The van der Waals surface area contributed by atoms with Crippen molar-refractivity contribution in [2.75, 3.05) is 0 Å². The minimum Gasteiger partial charge on any atom is -0.379 e. The molecular formula is C14H16N2O3. The number of aryl methyl sites for hydroxylation is 2. The van der Waals surface area contributed by atoms with Gasteiger partial charge in [0.15, 0.2) is 5.75 Å². The minimum absolute atomic E-state index is 0.363. The molecule has 2 aromatic rings. The number of hydrogen-bond acceptors (Lipinski definition) is 4. The van der Waals surface area contributed by atoms with Crippen molar-refractivity contribution in [3.05, 3.63) is 47.3 Å². The Bertz CT molecular complexity index is 546. The van der Waals surface area contributed by atoms with Gasteiger partial charge in [-0.2, -0.15) is 5.48 Å². The number of rotatable bonds is 5. The molecule has 1 heterocycles. The number of benzene rings is 1. The van der Waals surface area contributed by atoms with E-state index in [2.05, 4.69) is 17.6 Å². The first-order chi connectivity index (χ1) is 9.24. The van der Waals surface area contributed by atoms with E-state index >= 15 is 0 Å². The molecule has 0 unspecified atom stereocenters. The highest BCUT2D eigenvalue weighted by Gasteiger charge is 2.15. The van der Waals surface area contributed by atoms with Crippen LogP contribution in [0.1, 0.15) is 35.5 Å². The van der Waals surface area contributed by atoms with Gasteiger partial charge in [-0.3, -0.25) is 4.79 Å². The number of nitrogens with zero attached hydrogens (tertiary/aromatic N) is 1. The summed E-state index contributed by atoms with van der Waals surface area (Å²) in [5.41, 5.74) is 3.98. The normalized spacial score (nSPS) is 10.2. The highest BCUT2D eigenvalue weighted by molar-refractivity contribution is 5.94. The van der Waals surface area contributed by atoms with Crippen LogP contribution in [-0.4, -0.2) is 11.1 Å². The molecule has 0 saturated heterocycles. The first kappa shape index (κ1) is 13.1. The molecule has 100 valence electrons. The Morgan fingerprint density at radius 1 is 1.26 bits per heavy atom. The summed E-state index contributed by atoms with van der Waals surface area (Å²) in [7, 11) is 0. The summed E-state index contributed by atoms with van der Waals surface area (Å²) >= 11 is 0. The van der Waals surface area contributed by atoms with Crippen LogP contribution in [0.3, 0.4) is 0 Å². The van der Waals surface area contributed by atoms with Gasteiger partial charge >= 0.3 is 0 Å². The molecule has 5 nitrogen and oxygen atoms in total. The molecule has 1 N–H and O–H groups in total. The summed E-state index contributed by atoms with van der Waals surface area (Å²) in [5.74, 6) is 0.764. The molecule has 1 aromatic carbocycles. The maximum absolute atomic E-state index is 11.8. The molecule has 0 radical (unpaired) electrons. The third-order valence-corrected chi connectivity index (χ3v) is 2.80. The number of amides is 1. The van der Waals surface area contributed by atoms with Crippen molar-refractivity contribution in [3.63, 3.8) is 0 Å². The SMILES string of the molecule is CCc1ccc(ONC(=O)c2cnoc2CC)cc1. The quantitative estimate of drug-likeness (QED) is 0.839. The zero-order chi connectivity index (χ0) is 13.7. The summed E-state index contributed by atoms with van der Waals surface area (Å²) in [6, 6.07) is 7.54. The van der Waals surface area contributed by atoms with Crippen LogP contribution >= 0.6 is 0 Å². The Morgan fingerprint density at radius 2 is 2.00 bits per heavy atom. The fraction of sp³-hybridized carbons (Fsp3) is 0.286. The van der Waals surface area contributed by atoms with Crippen LogP contribution in [0, 0.1) is 0 Å². The van der Waals surface area contributed by atoms with Gasteiger partial charge in [-0.25, -0.2) is 0 Å². The molecule has 0 aliphatic rings. The molecule has 19 heavy (non-hydrogen) atoms. The molecule has 0 aliphatic carbocycles. The third kappa shape index (κ3) is 3.13. The number of hydrogen-bond donors (Lipinski definition) is 1. The van der Waals surface area contributed by atoms with Gasteiger partial charge in [-0.15, -0.1) is 0 Å². The van der Waals surface area contributed by atoms with E-state index in [1.807, 2.05) is 31.2 Å². The second-order valence-corrected chi connectivity index (χ2v) is 4.05. The second kappa shape index (κ2) is 6.04. The maximum atomic E-state index is 11.8. The summed E-state index contributed by atoms with van der Waals surface area (Å²) in [4.78, 5) is 17.1. The predicted octanol–water partition coefficient (Wildman–Crippen LogP) is 2.52. The fourth-order valence-corrected chi connectivity index (χ4v) is 1.66. The van der Waals surface area contributed by atoms with Crippen molar-refractivity contribution in [1.82, 2.24) is 10.6 Å². The van der Waals surface area contributed by atoms with Gasteiger partial charge in [0.1, 0.15) is 11.3 Å². The second-order valence-electron chi connectivity index (χ2n) is 4.05. The van der Waals surface area contributed by atoms with E-state index in [1.54, 1.807) is 0 Å². The largest absolute Gasteiger partial charge is 0.379 e. The van der Waals surface area contributed by atoms with Crippen molar-refractivity contribution in [2.45, 2.75) is 26.7 Å².